The maximum Gasteiger partial charge on any atom is 0.325 e. The summed E-state index contributed by atoms with van der Waals surface area (Å²) in [7, 11) is -3.17. The van der Waals surface area contributed by atoms with E-state index in [-0.39, 0.29) is 11.5 Å². The Morgan fingerprint density at radius 1 is 1.37 bits per heavy atom. The summed E-state index contributed by atoms with van der Waals surface area (Å²) in [5, 5.41) is 7.41. The highest BCUT2D eigenvalue weighted by Crippen LogP contribution is 2.42. The smallest absolute Gasteiger partial charge is 0.325 e. The van der Waals surface area contributed by atoms with E-state index < -0.39 is 45.3 Å². The molecule has 0 saturated carbocycles. The van der Waals surface area contributed by atoms with Crippen LogP contribution in [-0.2, 0) is 31.4 Å². The molecule has 2 aliphatic heterocycles. The summed E-state index contributed by atoms with van der Waals surface area (Å²) in [5.41, 5.74) is -1.11. The number of rotatable bonds is 3. The molecule has 27 heavy (non-hydrogen) atoms. The minimum atomic E-state index is -3.17. The first kappa shape index (κ1) is 18.4. The number of hydrogen-bond donors (Lipinski definition) is 2. The Kier molecular flexibility index (Phi) is 4.12. The topological polar surface area (TPSA) is 113 Å². The minimum Gasteiger partial charge on any atom is -0.348 e. The first-order valence-electron chi connectivity index (χ1n) is 8.87. The Morgan fingerprint density at radius 3 is 2.85 bits per heavy atom. The maximum absolute atomic E-state index is 13.1. The molecule has 4 amide bonds. The van der Waals surface area contributed by atoms with Crippen molar-refractivity contribution in [2.75, 3.05) is 18.1 Å². The summed E-state index contributed by atoms with van der Waals surface area (Å²) >= 11 is 1.57. The highest BCUT2D eigenvalue weighted by Gasteiger charge is 2.54. The summed E-state index contributed by atoms with van der Waals surface area (Å²) in [5.74, 6) is -1.05. The molecular formula is C17H21N3O5S2. The van der Waals surface area contributed by atoms with Crippen molar-refractivity contribution in [3.63, 3.8) is 0 Å². The van der Waals surface area contributed by atoms with Crippen molar-refractivity contribution in [2.45, 2.75) is 43.7 Å². The van der Waals surface area contributed by atoms with Crippen molar-refractivity contribution in [1.29, 1.82) is 0 Å². The molecule has 10 heteroatoms. The van der Waals surface area contributed by atoms with E-state index in [2.05, 4.69) is 10.6 Å². The second kappa shape index (κ2) is 6.03. The number of fused-ring (bicyclic) bond motifs is 2. The molecule has 2 N–H and O–H groups in total. The zero-order valence-electron chi connectivity index (χ0n) is 14.9. The van der Waals surface area contributed by atoms with Crippen LogP contribution in [0.3, 0.4) is 0 Å². The molecule has 8 nitrogen and oxygen atoms in total. The molecule has 1 aromatic rings. The van der Waals surface area contributed by atoms with E-state index in [4.69, 9.17) is 0 Å². The minimum absolute atomic E-state index is 0.0248. The SMILES string of the molecule is C[C@]1(NC(=O)CN2C(=O)N[C@@]3(CCCc4sccc43)C2=O)CCS(=O)(=O)C1. The van der Waals surface area contributed by atoms with Crippen LogP contribution in [0, 0.1) is 0 Å². The number of sulfone groups is 1. The van der Waals surface area contributed by atoms with Crippen LogP contribution >= 0.6 is 11.3 Å². The van der Waals surface area contributed by atoms with Crippen molar-refractivity contribution in [1.82, 2.24) is 15.5 Å². The molecular weight excluding hydrogens is 390 g/mol. The van der Waals surface area contributed by atoms with Crippen LogP contribution in [0.2, 0.25) is 0 Å². The van der Waals surface area contributed by atoms with Gasteiger partial charge in [0.2, 0.25) is 5.91 Å². The number of nitrogens with zero attached hydrogens (tertiary/aromatic N) is 1. The lowest BCUT2D eigenvalue weighted by atomic mass is 9.80. The Bertz CT molecular complexity index is 940. The van der Waals surface area contributed by atoms with Crippen LogP contribution in [0.1, 0.15) is 36.6 Å². The van der Waals surface area contributed by atoms with Gasteiger partial charge in [-0.2, -0.15) is 0 Å². The number of nitrogens with one attached hydrogen (secondary N) is 2. The Labute approximate surface area is 161 Å². The zero-order valence-corrected chi connectivity index (χ0v) is 16.5. The van der Waals surface area contributed by atoms with Gasteiger partial charge in [0.1, 0.15) is 12.1 Å². The molecule has 1 aromatic heterocycles. The van der Waals surface area contributed by atoms with E-state index in [1.807, 2.05) is 11.4 Å². The normalized spacial score (nSPS) is 31.8. The van der Waals surface area contributed by atoms with E-state index in [9.17, 15) is 22.8 Å². The highest BCUT2D eigenvalue weighted by molar-refractivity contribution is 7.91. The molecule has 0 radical (unpaired) electrons. The fourth-order valence-electron chi connectivity index (χ4n) is 4.31. The molecule has 1 aliphatic carbocycles. The fourth-order valence-corrected chi connectivity index (χ4v) is 7.41. The first-order valence-corrected chi connectivity index (χ1v) is 11.6. The van der Waals surface area contributed by atoms with Crippen molar-refractivity contribution >= 4 is 39.0 Å². The van der Waals surface area contributed by atoms with Crippen molar-refractivity contribution < 1.29 is 22.8 Å². The number of carbonyl (C=O) groups is 3. The number of aryl methyl sites for hydroxylation is 1. The number of hydrogen-bond acceptors (Lipinski definition) is 6. The number of amides is 4. The third-order valence-electron chi connectivity index (χ3n) is 5.58. The van der Waals surface area contributed by atoms with E-state index in [1.165, 1.54) is 0 Å². The van der Waals surface area contributed by atoms with Gasteiger partial charge in [-0.1, -0.05) is 0 Å². The monoisotopic (exact) mass is 411 g/mol. The second-order valence-electron chi connectivity index (χ2n) is 7.79. The molecule has 146 valence electrons. The van der Waals surface area contributed by atoms with Crippen molar-refractivity contribution in [3.05, 3.63) is 21.9 Å². The predicted molar refractivity (Wildman–Crippen MR) is 99.0 cm³/mol. The molecule has 2 atom stereocenters. The van der Waals surface area contributed by atoms with E-state index in [0.717, 1.165) is 28.2 Å². The largest absolute Gasteiger partial charge is 0.348 e. The fraction of sp³-hybridized carbons (Fsp3) is 0.588. The molecule has 0 bridgehead atoms. The third-order valence-corrected chi connectivity index (χ3v) is 8.47. The summed E-state index contributed by atoms with van der Waals surface area (Å²) < 4.78 is 23.4. The predicted octanol–water partition coefficient (Wildman–Crippen LogP) is 0.525. The molecule has 3 aliphatic rings. The first-order chi connectivity index (χ1) is 12.6. The van der Waals surface area contributed by atoms with Gasteiger partial charge in [-0.25, -0.2) is 13.2 Å². The maximum atomic E-state index is 13.1. The van der Waals surface area contributed by atoms with Crippen LogP contribution in [0.25, 0.3) is 0 Å². The Hall–Kier alpha value is -1.94. The highest BCUT2D eigenvalue weighted by atomic mass is 32.2. The van der Waals surface area contributed by atoms with Crippen LogP contribution in [-0.4, -0.2) is 54.8 Å². The van der Waals surface area contributed by atoms with Crippen LogP contribution < -0.4 is 10.6 Å². The standard InChI is InChI=1S/C17H21N3O5S2/c1-16(6-8-27(24,25)10-16)18-13(21)9-20-14(22)17(19-15(20)23)5-2-3-12-11(17)4-7-26-12/h4,7H,2-3,5-6,8-10H2,1H3,(H,18,21)(H,19,23)/t16-,17+/m0/s1. The quantitative estimate of drug-likeness (QED) is 0.705. The third kappa shape index (κ3) is 3.04. The molecule has 2 saturated heterocycles. The number of imide groups is 1. The van der Waals surface area contributed by atoms with E-state index in [0.29, 0.717) is 12.8 Å². The van der Waals surface area contributed by atoms with Gasteiger partial charge in [0.05, 0.1) is 17.0 Å². The van der Waals surface area contributed by atoms with Crippen molar-refractivity contribution in [3.8, 4) is 0 Å². The molecule has 0 unspecified atom stereocenters. The van der Waals surface area contributed by atoms with E-state index in [1.54, 1.807) is 18.3 Å². The summed E-state index contributed by atoms with van der Waals surface area (Å²) in [6.07, 6.45) is 2.50. The van der Waals surface area contributed by atoms with Gasteiger partial charge in [-0.15, -0.1) is 11.3 Å². The Morgan fingerprint density at radius 2 is 2.15 bits per heavy atom. The molecule has 3 heterocycles. The second-order valence-corrected chi connectivity index (χ2v) is 11.0. The van der Waals surface area contributed by atoms with Gasteiger partial charge in [-0.3, -0.25) is 14.5 Å². The van der Waals surface area contributed by atoms with Gasteiger partial charge >= 0.3 is 6.03 Å². The lowest BCUT2D eigenvalue weighted by molar-refractivity contribution is -0.136. The molecule has 1 spiro atoms. The summed E-state index contributed by atoms with van der Waals surface area (Å²) in [6.45, 7) is 1.25. The molecule has 0 aromatic carbocycles. The zero-order chi connectivity index (χ0) is 19.4. The number of urea groups is 1. The molecule has 2 fully saturated rings. The average Bonchev–Trinajstić information content (AvgIpc) is 3.21. The molecule has 4 rings (SSSR count). The van der Waals surface area contributed by atoms with Gasteiger partial charge in [0.25, 0.3) is 5.91 Å². The number of thiophene rings is 1. The van der Waals surface area contributed by atoms with Crippen LogP contribution in [0.5, 0.6) is 0 Å². The van der Waals surface area contributed by atoms with Crippen LogP contribution in [0.15, 0.2) is 11.4 Å². The van der Waals surface area contributed by atoms with Gasteiger partial charge in [0, 0.05) is 10.4 Å². The van der Waals surface area contributed by atoms with Crippen molar-refractivity contribution in [2.24, 2.45) is 0 Å². The lowest BCUT2D eigenvalue weighted by Gasteiger charge is -2.31. The Balaban J connectivity index is 1.50. The van der Waals surface area contributed by atoms with Gasteiger partial charge < -0.3 is 10.6 Å². The number of carbonyl (C=O) groups excluding carboxylic acids is 3. The van der Waals surface area contributed by atoms with Gasteiger partial charge in [-0.05, 0) is 44.1 Å². The van der Waals surface area contributed by atoms with Gasteiger partial charge in [0.15, 0.2) is 9.84 Å². The van der Waals surface area contributed by atoms with E-state index >= 15 is 0 Å². The summed E-state index contributed by atoms with van der Waals surface area (Å²) in [6, 6.07) is 1.28. The summed E-state index contributed by atoms with van der Waals surface area (Å²) in [4.78, 5) is 40.0. The lowest BCUT2D eigenvalue weighted by Crippen LogP contribution is -2.51. The average molecular weight is 412 g/mol. The van der Waals surface area contributed by atoms with Crippen LogP contribution in [0.4, 0.5) is 4.79 Å².